The van der Waals surface area contributed by atoms with Crippen molar-refractivity contribution < 1.29 is 19.1 Å². The van der Waals surface area contributed by atoms with Gasteiger partial charge in [0.05, 0.1) is 17.7 Å². The predicted molar refractivity (Wildman–Crippen MR) is 102 cm³/mol. The van der Waals surface area contributed by atoms with Crippen molar-refractivity contribution in [1.29, 1.82) is 0 Å². The lowest BCUT2D eigenvalue weighted by Gasteiger charge is -2.33. The summed E-state index contributed by atoms with van der Waals surface area (Å²) in [4.78, 5) is 39.6. The largest absolute Gasteiger partial charge is 0.459 e. The quantitative estimate of drug-likeness (QED) is 0.793. The number of allylic oxidation sites excluding steroid dienone is 1. The van der Waals surface area contributed by atoms with Crippen LogP contribution in [0.3, 0.4) is 0 Å². The molecular formula is C19H26N4O4. The van der Waals surface area contributed by atoms with Gasteiger partial charge in [-0.25, -0.2) is 14.4 Å². The Morgan fingerprint density at radius 2 is 1.96 bits per heavy atom. The molecule has 1 heterocycles. The van der Waals surface area contributed by atoms with Crippen LogP contribution in [0.25, 0.3) is 0 Å². The van der Waals surface area contributed by atoms with Gasteiger partial charge in [0.2, 0.25) is 0 Å². The fourth-order valence-corrected chi connectivity index (χ4v) is 2.66. The standard InChI is InChI=1S/C19H26N4O4/c1-11(2)27-17(24)15-12(3)23(6)19(26)21-16(15)13-8-7-9-14(10-13)20-18(25)22(4)5/h7-11,16H,1-6H3,(H,20,25)(H,21,26)/t16-/m1/s1. The summed E-state index contributed by atoms with van der Waals surface area (Å²) in [6, 6.07) is 5.75. The lowest BCUT2D eigenvalue weighted by atomic mass is 9.94. The highest BCUT2D eigenvalue weighted by atomic mass is 16.5. The van der Waals surface area contributed by atoms with E-state index in [1.165, 1.54) is 9.80 Å². The molecule has 0 unspecified atom stereocenters. The van der Waals surface area contributed by atoms with Crippen LogP contribution in [0.5, 0.6) is 0 Å². The van der Waals surface area contributed by atoms with Gasteiger partial charge in [0.25, 0.3) is 0 Å². The van der Waals surface area contributed by atoms with Crippen LogP contribution in [-0.2, 0) is 9.53 Å². The minimum Gasteiger partial charge on any atom is -0.459 e. The molecule has 27 heavy (non-hydrogen) atoms. The van der Waals surface area contributed by atoms with Crippen molar-refractivity contribution in [2.24, 2.45) is 0 Å². The number of hydrogen-bond acceptors (Lipinski definition) is 4. The highest BCUT2D eigenvalue weighted by molar-refractivity contribution is 5.95. The van der Waals surface area contributed by atoms with Crippen molar-refractivity contribution in [3.63, 3.8) is 0 Å². The Balaban J connectivity index is 2.43. The van der Waals surface area contributed by atoms with Crippen molar-refractivity contribution >= 4 is 23.7 Å². The van der Waals surface area contributed by atoms with Gasteiger partial charge in [-0.2, -0.15) is 0 Å². The second-order valence-corrected chi connectivity index (χ2v) is 6.84. The molecule has 1 atom stereocenters. The Bertz CT molecular complexity index is 786. The first-order valence-electron chi connectivity index (χ1n) is 8.66. The van der Waals surface area contributed by atoms with E-state index < -0.39 is 12.0 Å². The molecule has 1 aromatic carbocycles. The second kappa shape index (κ2) is 8.11. The molecule has 0 bridgehead atoms. The summed E-state index contributed by atoms with van der Waals surface area (Å²) in [6.07, 6.45) is -0.285. The monoisotopic (exact) mass is 374 g/mol. The van der Waals surface area contributed by atoms with Gasteiger partial charge in [0.1, 0.15) is 0 Å². The van der Waals surface area contributed by atoms with Gasteiger partial charge >= 0.3 is 18.0 Å². The number of nitrogens with zero attached hydrogens (tertiary/aromatic N) is 2. The van der Waals surface area contributed by atoms with E-state index >= 15 is 0 Å². The highest BCUT2D eigenvalue weighted by Gasteiger charge is 2.35. The third-order valence-electron chi connectivity index (χ3n) is 4.19. The number of benzene rings is 1. The highest BCUT2D eigenvalue weighted by Crippen LogP contribution is 2.32. The molecular weight excluding hydrogens is 348 g/mol. The van der Waals surface area contributed by atoms with Gasteiger partial charge in [0, 0.05) is 32.5 Å². The number of carbonyl (C=O) groups excluding carboxylic acids is 3. The van der Waals surface area contributed by atoms with Crippen LogP contribution >= 0.6 is 0 Å². The van der Waals surface area contributed by atoms with Crippen LogP contribution in [-0.4, -0.2) is 55.1 Å². The van der Waals surface area contributed by atoms with E-state index in [1.807, 2.05) is 0 Å². The minimum atomic E-state index is -0.670. The molecule has 1 aromatic rings. The maximum Gasteiger partial charge on any atom is 0.338 e. The van der Waals surface area contributed by atoms with Crippen molar-refractivity contribution in [3.05, 3.63) is 41.1 Å². The zero-order chi connectivity index (χ0) is 20.3. The van der Waals surface area contributed by atoms with E-state index in [9.17, 15) is 14.4 Å². The fourth-order valence-electron chi connectivity index (χ4n) is 2.66. The second-order valence-electron chi connectivity index (χ2n) is 6.84. The zero-order valence-corrected chi connectivity index (χ0v) is 16.5. The van der Waals surface area contributed by atoms with Crippen LogP contribution in [0, 0.1) is 0 Å². The molecule has 8 heteroatoms. The number of amides is 4. The van der Waals surface area contributed by atoms with Crippen molar-refractivity contribution in [3.8, 4) is 0 Å². The molecule has 0 aliphatic carbocycles. The zero-order valence-electron chi connectivity index (χ0n) is 16.5. The molecule has 0 radical (unpaired) electrons. The Morgan fingerprint density at radius 1 is 1.30 bits per heavy atom. The van der Waals surface area contributed by atoms with Gasteiger partial charge in [-0.3, -0.25) is 0 Å². The molecule has 0 aromatic heterocycles. The summed E-state index contributed by atoms with van der Waals surface area (Å²) in [5.74, 6) is -0.484. The Morgan fingerprint density at radius 3 is 2.56 bits per heavy atom. The lowest BCUT2D eigenvalue weighted by Crippen LogP contribution is -2.46. The van der Waals surface area contributed by atoms with E-state index in [0.29, 0.717) is 22.5 Å². The average molecular weight is 374 g/mol. The first-order chi connectivity index (χ1) is 12.6. The maximum atomic E-state index is 12.7. The summed E-state index contributed by atoms with van der Waals surface area (Å²) >= 11 is 0. The molecule has 1 aliphatic heterocycles. The maximum absolute atomic E-state index is 12.7. The number of rotatable bonds is 4. The molecule has 146 valence electrons. The number of hydrogen-bond donors (Lipinski definition) is 2. The smallest absolute Gasteiger partial charge is 0.338 e. The van der Waals surface area contributed by atoms with E-state index in [0.717, 1.165) is 0 Å². The van der Waals surface area contributed by atoms with Gasteiger partial charge < -0.3 is 25.2 Å². The van der Waals surface area contributed by atoms with Crippen LogP contribution in [0.2, 0.25) is 0 Å². The Kier molecular flexibility index (Phi) is 6.09. The van der Waals surface area contributed by atoms with Gasteiger partial charge in [-0.1, -0.05) is 12.1 Å². The third-order valence-corrected chi connectivity index (χ3v) is 4.19. The molecule has 0 fully saturated rings. The third kappa shape index (κ3) is 4.58. The van der Waals surface area contributed by atoms with Crippen molar-refractivity contribution in [2.45, 2.75) is 32.9 Å². The van der Waals surface area contributed by atoms with E-state index in [1.54, 1.807) is 66.2 Å². The van der Waals surface area contributed by atoms with E-state index in [2.05, 4.69) is 10.6 Å². The summed E-state index contributed by atoms with van der Waals surface area (Å²) in [7, 11) is 4.88. The molecule has 1 aliphatic rings. The lowest BCUT2D eigenvalue weighted by molar-refractivity contribution is -0.143. The number of ether oxygens (including phenoxy) is 1. The molecule has 0 saturated heterocycles. The van der Waals surface area contributed by atoms with Crippen LogP contribution in [0.4, 0.5) is 15.3 Å². The Labute approximate surface area is 159 Å². The number of carbonyl (C=O) groups is 3. The number of nitrogens with one attached hydrogen (secondary N) is 2. The summed E-state index contributed by atoms with van der Waals surface area (Å²) < 4.78 is 5.37. The summed E-state index contributed by atoms with van der Waals surface area (Å²) in [5.41, 5.74) is 2.12. The molecule has 2 rings (SSSR count). The SMILES string of the molecule is CC1=C(C(=O)OC(C)C)[C@@H](c2cccc(NC(=O)N(C)C)c2)NC(=O)N1C. The van der Waals surface area contributed by atoms with Gasteiger partial charge in [-0.05, 0) is 38.5 Å². The van der Waals surface area contributed by atoms with Crippen LogP contribution in [0.1, 0.15) is 32.4 Å². The topological polar surface area (TPSA) is 91.0 Å². The number of anilines is 1. The summed E-state index contributed by atoms with van der Waals surface area (Å²) in [5, 5.41) is 5.59. The first kappa shape index (κ1) is 20.3. The number of urea groups is 2. The Hall–Kier alpha value is -3.03. The molecule has 0 saturated carbocycles. The molecule has 2 N–H and O–H groups in total. The van der Waals surface area contributed by atoms with Gasteiger partial charge in [0.15, 0.2) is 0 Å². The molecule has 4 amide bonds. The van der Waals surface area contributed by atoms with Crippen molar-refractivity contribution in [1.82, 2.24) is 15.1 Å². The van der Waals surface area contributed by atoms with E-state index in [-0.39, 0.29) is 18.2 Å². The number of esters is 1. The minimum absolute atomic E-state index is 0.272. The average Bonchev–Trinajstić information content (AvgIpc) is 2.58. The first-order valence-corrected chi connectivity index (χ1v) is 8.66. The molecule has 0 spiro atoms. The van der Waals surface area contributed by atoms with Crippen molar-refractivity contribution in [2.75, 3.05) is 26.5 Å². The molecule has 8 nitrogen and oxygen atoms in total. The summed E-state index contributed by atoms with van der Waals surface area (Å²) in [6.45, 7) is 5.25. The van der Waals surface area contributed by atoms with E-state index in [4.69, 9.17) is 4.74 Å². The van der Waals surface area contributed by atoms with Crippen LogP contribution < -0.4 is 10.6 Å². The normalized spacial score (nSPS) is 16.9. The van der Waals surface area contributed by atoms with Gasteiger partial charge in [-0.15, -0.1) is 0 Å². The fraction of sp³-hybridized carbons (Fsp3) is 0.421. The predicted octanol–water partition coefficient (Wildman–Crippen LogP) is 2.70. The van der Waals surface area contributed by atoms with Crippen LogP contribution in [0.15, 0.2) is 35.5 Å².